The highest BCUT2D eigenvalue weighted by atomic mass is 32.2. The van der Waals surface area contributed by atoms with E-state index in [2.05, 4.69) is 0 Å². The highest BCUT2D eigenvalue weighted by molar-refractivity contribution is 7.89. The lowest BCUT2D eigenvalue weighted by Crippen LogP contribution is -2.22. The van der Waals surface area contributed by atoms with Crippen LogP contribution in [0.25, 0.3) is 0 Å². The second-order valence-corrected chi connectivity index (χ2v) is 6.14. The van der Waals surface area contributed by atoms with Gasteiger partial charge in [-0.3, -0.25) is 0 Å². The van der Waals surface area contributed by atoms with Crippen molar-refractivity contribution in [3.05, 3.63) is 29.8 Å². The smallest absolute Gasteiger partial charge is 0.242 e. The van der Waals surface area contributed by atoms with Gasteiger partial charge in [0.05, 0.1) is 11.0 Å². The summed E-state index contributed by atoms with van der Waals surface area (Å²) in [5.74, 6) is 0. The number of sulfonamides is 1. The molecule has 1 rings (SSSR count). The zero-order valence-electron chi connectivity index (χ0n) is 9.71. The van der Waals surface area contributed by atoms with Crippen molar-refractivity contribution in [1.82, 2.24) is 4.31 Å². The van der Waals surface area contributed by atoms with Gasteiger partial charge >= 0.3 is 0 Å². The zero-order chi connectivity index (χ0) is 12.3. The molecule has 0 bridgehead atoms. The molecule has 0 saturated carbocycles. The van der Waals surface area contributed by atoms with Gasteiger partial charge in [-0.2, -0.15) is 0 Å². The van der Waals surface area contributed by atoms with Crippen LogP contribution in [0.3, 0.4) is 0 Å². The molecule has 1 aromatic carbocycles. The van der Waals surface area contributed by atoms with Crippen LogP contribution in [0.5, 0.6) is 0 Å². The number of aliphatic hydroxyl groups excluding tert-OH is 1. The minimum atomic E-state index is -3.35. The first-order chi connectivity index (χ1) is 7.34. The monoisotopic (exact) mass is 243 g/mol. The maximum Gasteiger partial charge on any atom is 0.242 e. The lowest BCUT2D eigenvalue weighted by atomic mass is 10.1. The molecule has 0 amide bonds. The van der Waals surface area contributed by atoms with E-state index in [0.717, 1.165) is 5.56 Å². The molecule has 0 saturated heterocycles. The van der Waals surface area contributed by atoms with E-state index in [4.69, 9.17) is 0 Å². The molecule has 0 spiro atoms. The molecule has 16 heavy (non-hydrogen) atoms. The van der Waals surface area contributed by atoms with Crippen LogP contribution in [0, 0.1) is 0 Å². The largest absolute Gasteiger partial charge is 0.393 e. The first-order valence-corrected chi connectivity index (χ1v) is 6.47. The predicted octanol–water partition coefficient (Wildman–Crippen LogP) is 0.860. The summed E-state index contributed by atoms with van der Waals surface area (Å²) in [5.41, 5.74) is 0.924. The molecular weight excluding hydrogens is 226 g/mol. The van der Waals surface area contributed by atoms with Crippen LogP contribution >= 0.6 is 0 Å². The topological polar surface area (TPSA) is 57.6 Å². The van der Waals surface area contributed by atoms with Gasteiger partial charge in [0, 0.05) is 14.1 Å². The van der Waals surface area contributed by atoms with Crippen molar-refractivity contribution >= 4 is 10.0 Å². The molecular formula is C11H17NO3S. The van der Waals surface area contributed by atoms with Crippen LogP contribution in [-0.2, 0) is 16.4 Å². The average molecular weight is 243 g/mol. The quantitative estimate of drug-likeness (QED) is 0.853. The number of hydrogen-bond acceptors (Lipinski definition) is 3. The van der Waals surface area contributed by atoms with Gasteiger partial charge in [0.15, 0.2) is 0 Å². The van der Waals surface area contributed by atoms with Crippen LogP contribution in [0.2, 0.25) is 0 Å². The van der Waals surface area contributed by atoms with Gasteiger partial charge in [-0.15, -0.1) is 0 Å². The second-order valence-electron chi connectivity index (χ2n) is 3.98. The standard InChI is InChI=1S/C11H17NO3S/c1-9(13)8-10-4-6-11(7-5-10)16(14,15)12(2)3/h4-7,9,13H,8H2,1-3H3. The molecule has 0 heterocycles. The summed E-state index contributed by atoms with van der Waals surface area (Å²) >= 11 is 0. The third-order valence-corrected chi connectivity index (χ3v) is 4.06. The van der Waals surface area contributed by atoms with Gasteiger partial charge in [-0.1, -0.05) is 12.1 Å². The van der Waals surface area contributed by atoms with E-state index >= 15 is 0 Å². The third kappa shape index (κ3) is 3.04. The van der Waals surface area contributed by atoms with E-state index in [0.29, 0.717) is 6.42 Å². The van der Waals surface area contributed by atoms with Crippen LogP contribution in [0.15, 0.2) is 29.2 Å². The van der Waals surface area contributed by atoms with E-state index in [1.54, 1.807) is 31.2 Å². The van der Waals surface area contributed by atoms with Crippen LogP contribution in [0.4, 0.5) is 0 Å². The summed E-state index contributed by atoms with van der Waals surface area (Å²) in [6.07, 6.45) is 0.110. The summed E-state index contributed by atoms with van der Waals surface area (Å²) in [4.78, 5) is 0.270. The van der Waals surface area contributed by atoms with Crippen molar-refractivity contribution in [2.45, 2.75) is 24.3 Å². The fourth-order valence-corrected chi connectivity index (χ4v) is 2.25. The molecule has 4 nitrogen and oxygen atoms in total. The average Bonchev–Trinajstić information content (AvgIpc) is 2.17. The number of rotatable bonds is 4. The fourth-order valence-electron chi connectivity index (χ4n) is 1.35. The minimum Gasteiger partial charge on any atom is -0.393 e. The fraction of sp³-hybridized carbons (Fsp3) is 0.455. The van der Waals surface area contributed by atoms with E-state index in [9.17, 15) is 13.5 Å². The third-order valence-electron chi connectivity index (χ3n) is 2.23. The normalized spacial score (nSPS) is 14.1. The molecule has 1 atom stereocenters. The van der Waals surface area contributed by atoms with Gasteiger partial charge in [0.25, 0.3) is 0 Å². The number of benzene rings is 1. The van der Waals surface area contributed by atoms with Gasteiger partial charge in [-0.25, -0.2) is 12.7 Å². The molecule has 0 fully saturated rings. The maximum atomic E-state index is 11.7. The molecule has 0 aliphatic carbocycles. The minimum absolute atomic E-state index is 0.270. The van der Waals surface area contributed by atoms with Crippen molar-refractivity contribution in [3.63, 3.8) is 0 Å². The second kappa shape index (κ2) is 4.95. The van der Waals surface area contributed by atoms with Crippen molar-refractivity contribution in [1.29, 1.82) is 0 Å². The van der Waals surface area contributed by atoms with Crippen LogP contribution in [0.1, 0.15) is 12.5 Å². The van der Waals surface area contributed by atoms with Crippen molar-refractivity contribution in [2.24, 2.45) is 0 Å². The Morgan fingerprint density at radius 1 is 1.25 bits per heavy atom. The lowest BCUT2D eigenvalue weighted by molar-refractivity contribution is 0.195. The Balaban J connectivity index is 2.96. The molecule has 90 valence electrons. The molecule has 1 N–H and O–H groups in total. The Morgan fingerprint density at radius 3 is 2.12 bits per heavy atom. The van der Waals surface area contributed by atoms with Crippen LogP contribution in [-0.4, -0.2) is 38.0 Å². The molecule has 0 aromatic heterocycles. The SMILES string of the molecule is CC(O)Cc1ccc(S(=O)(=O)N(C)C)cc1. The summed E-state index contributed by atoms with van der Waals surface area (Å²) in [7, 11) is -0.353. The van der Waals surface area contributed by atoms with Gasteiger partial charge in [0.2, 0.25) is 10.0 Å². The Kier molecular flexibility index (Phi) is 4.07. The van der Waals surface area contributed by atoms with Crippen LogP contribution < -0.4 is 0 Å². The maximum absolute atomic E-state index is 11.7. The number of aliphatic hydroxyl groups is 1. The molecule has 5 heteroatoms. The molecule has 1 unspecified atom stereocenters. The molecule has 0 aliphatic rings. The summed E-state index contributed by atoms with van der Waals surface area (Å²) < 4.78 is 24.7. The van der Waals surface area contributed by atoms with E-state index in [-0.39, 0.29) is 4.90 Å². The molecule has 0 aliphatic heterocycles. The Morgan fingerprint density at radius 2 is 1.75 bits per heavy atom. The summed E-state index contributed by atoms with van der Waals surface area (Å²) in [6.45, 7) is 1.70. The Hall–Kier alpha value is -0.910. The highest BCUT2D eigenvalue weighted by Gasteiger charge is 2.16. The van der Waals surface area contributed by atoms with Gasteiger partial charge in [-0.05, 0) is 31.0 Å². The Bertz CT molecular complexity index is 435. The van der Waals surface area contributed by atoms with E-state index in [1.165, 1.54) is 18.4 Å². The van der Waals surface area contributed by atoms with Gasteiger partial charge in [0.1, 0.15) is 0 Å². The van der Waals surface area contributed by atoms with E-state index < -0.39 is 16.1 Å². The number of nitrogens with zero attached hydrogens (tertiary/aromatic N) is 1. The Labute approximate surface area is 96.6 Å². The summed E-state index contributed by atoms with van der Waals surface area (Å²) in [5, 5.41) is 9.20. The van der Waals surface area contributed by atoms with E-state index in [1.807, 2.05) is 0 Å². The van der Waals surface area contributed by atoms with Crippen molar-refractivity contribution in [2.75, 3.05) is 14.1 Å². The zero-order valence-corrected chi connectivity index (χ0v) is 10.5. The first-order valence-electron chi connectivity index (χ1n) is 5.03. The van der Waals surface area contributed by atoms with Crippen molar-refractivity contribution in [3.8, 4) is 0 Å². The summed E-state index contributed by atoms with van der Waals surface area (Å²) in [6, 6.07) is 6.58. The van der Waals surface area contributed by atoms with Gasteiger partial charge < -0.3 is 5.11 Å². The predicted molar refractivity (Wildman–Crippen MR) is 62.7 cm³/mol. The molecule has 0 radical (unpaired) electrons. The van der Waals surface area contributed by atoms with Crippen molar-refractivity contribution < 1.29 is 13.5 Å². The highest BCUT2D eigenvalue weighted by Crippen LogP contribution is 2.14. The number of hydrogen-bond donors (Lipinski definition) is 1. The lowest BCUT2D eigenvalue weighted by Gasteiger charge is -2.12. The molecule has 1 aromatic rings. The first kappa shape index (κ1) is 13.2.